The average molecular weight is 414 g/mol. The Labute approximate surface area is 180 Å². The molecule has 6 heteroatoms. The van der Waals surface area contributed by atoms with Crippen molar-refractivity contribution in [3.8, 4) is 5.75 Å². The molecule has 1 aliphatic heterocycles. The van der Waals surface area contributed by atoms with E-state index in [1.54, 1.807) is 73.1 Å². The van der Waals surface area contributed by atoms with Crippen LogP contribution in [-0.2, 0) is 9.59 Å². The second-order valence-electron chi connectivity index (χ2n) is 7.16. The van der Waals surface area contributed by atoms with Gasteiger partial charge in [-0.05, 0) is 60.5 Å². The lowest BCUT2D eigenvalue weighted by molar-refractivity contribution is -0.132. The molecular formula is C25H22N2O4. The van der Waals surface area contributed by atoms with Crippen molar-refractivity contribution in [3.63, 3.8) is 0 Å². The predicted octanol–water partition coefficient (Wildman–Crippen LogP) is 4.50. The number of Topliss-reactive ketones (excluding diaryl/α,β-unsaturated/α-hetero) is 1. The van der Waals surface area contributed by atoms with Gasteiger partial charge < -0.3 is 9.84 Å². The Kier molecular flexibility index (Phi) is 5.80. The molecule has 0 spiro atoms. The van der Waals surface area contributed by atoms with Crippen LogP contribution < -0.4 is 9.64 Å². The standard InChI is InChI=1S/C25H22N2O4/c1-2-16-31-20-10-8-18(9-11-20)23(28)21-22(17-12-14-26-15-13-17)27(25(30)24(21)29)19-6-4-3-5-7-19/h3-15,22,28H,2,16H2,1H3/b23-21-. The topological polar surface area (TPSA) is 79.7 Å². The second-order valence-corrected chi connectivity index (χ2v) is 7.16. The lowest BCUT2D eigenvalue weighted by atomic mass is 9.96. The fraction of sp³-hybridized carbons (Fsp3) is 0.160. The van der Waals surface area contributed by atoms with E-state index in [4.69, 9.17) is 4.74 Å². The molecule has 2 heterocycles. The van der Waals surface area contributed by atoms with Crippen LogP contribution in [0.3, 0.4) is 0 Å². The van der Waals surface area contributed by atoms with Crippen LogP contribution in [0.4, 0.5) is 5.69 Å². The molecule has 1 unspecified atom stereocenters. The number of aliphatic hydroxyl groups is 1. The SMILES string of the molecule is CCCOc1ccc(/C(O)=C2/C(=O)C(=O)N(c3ccccc3)C2c2ccncc2)cc1. The molecule has 1 N–H and O–H groups in total. The van der Waals surface area contributed by atoms with Gasteiger partial charge in [0.15, 0.2) is 0 Å². The number of benzene rings is 2. The first-order valence-electron chi connectivity index (χ1n) is 10.1. The molecule has 4 rings (SSSR count). The maximum Gasteiger partial charge on any atom is 0.300 e. The van der Waals surface area contributed by atoms with Crippen molar-refractivity contribution in [3.05, 3.63) is 95.8 Å². The van der Waals surface area contributed by atoms with Crippen molar-refractivity contribution in [1.29, 1.82) is 0 Å². The molecule has 6 nitrogen and oxygen atoms in total. The van der Waals surface area contributed by atoms with Gasteiger partial charge in [0.05, 0.1) is 18.2 Å². The molecule has 31 heavy (non-hydrogen) atoms. The third-order valence-corrected chi connectivity index (χ3v) is 5.10. The number of nitrogens with zero attached hydrogens (tertiary/aromatic N) is 2. The number of aliphatic hydroxyl groups excluding tert-OH is 1. The van der Waals surface area contributed by atoms with Crippen LogP contribution >= 0.6 is 0 Å². The third-order valence-electron chi connectivity index (χ3n) is 5.10. The van der Waals surface area contributed by atoms with Gasteiger partial charge in [-0.3, -0.25) is 19.5 Å². The maximum atomic E-state index is 13.0. The monoisotopic (exact) mass is 414 g/mol. The van der Waals surface area contributed by atoms with E-state index < -0.39 is 17.7 Å². The summed E-state index contributed by atoms with van der Waals surface area (Å²) in [6.07, 6.45) is 4.08. The number of aromatic nitrogens is 1. The van der Waals surface area contributed by atoms with E-state index in [0.717, 1.165) is 6.42 Å². The van der Waals surface area contributed by atoms with Crippen LogP contribution in [0.25, 0.3) is 5.76 Å². The number of carbonyl (C=O) groups is 2. The quantitative estimate of drug-likeness (QED) is 0.365. The van der Waals surface area contributed by atoms with Crippen LogP contribution in [0.15, 0.2) is 84.7 Å². The lowest BCUT2D eigenvalue weighted by Crippen LogP contribution is -2.29. The summed E-state index contributed by atoms with van der Waals surface area (Å²) in [6.45, 7) is 2.61. The zero-order chi connectivity index (χ0) is 21.8. The summed E-state index contributed by atoms with van der Waals surface area (Å²) in [6, 6.07) is 18.5. The van der Waals surface area contributed by atoms with Crippen LogP contribution in [0.5, 0.6) is 5.75 Å². The van der Waals surface area contributed by atoms with Gasteiger partial charge in [-0.1, -0.05) is 25.1 Å². The number of carbonyl (C=O) groups excluding carboxylic acids is 2. The van der Waals surface area contributed by atoms with E-state index >= 15 is 0 Å². The Morgan fingerprint density at radius 1 is 1.00 bits per heavy atom. The van der Waals surface area contributed by atoms with Crippen LogP contribution in [0, 0.1) is 0 Å². The predicted molar refractivity (Wildman–Crippen MR) is 118 cm³/mol. The maximum absolute atomic E-state index is 13.0. The highest BCUT2D eigenvalue weighted by molar-refractivity contribution is 6.51. The summed E-state index contributed by atoms with van der Waals surface area (Å²) in [4.78, 5) is 31.5. The zero-order valence-electron chi connectivity index (χ0n) is 17.1. The molecule has 1 aliphatic rings. The number of hydrogen-bond donors (Lipinski definition) is 1. The number of ketones is 1. The van der Waals surface area contributed by atoms with Crippen molar-refractivity contribution in [2.75, 3.05) is 11.5 Å². The molecule has 0 bridgehead atoms. The van der Waals surface area contributed by atoms with Gasteiger partial charge in [0.25, 0.3) is 11.7 Å². The van der Waals surface area contributed by atoms with E-state index in [2.05, 4.69) is 4.98 Å². The Morgan fingerprint density at radius 3 is 2.32 bits per heavy atom. The normalized spacial score (nSPS) is 17.7. The summed E-state index contributed by atoms with van der Waals surface area (Å²) in [5.41, 5.74) is 1.74. The summed E-state index contributed by atoms with van der Waals surface area (Å²) < 4.78 is 5.58. The first kappa shape index (κ1) is 20.3. The molecular weight excluding hydrogens is 392 g/mol. The highest BCUT2D eigenvalue weighted by Crippen LogP contribution is 2.41. The van der Waals surface area contributed by atoms with Crippen LogP contribution in [0.1, 0.15) is 30.5 Å². The molecule has 1 atom stereocenters. The van der Waals surface area contributed by atoms with Gasteiger partial charge in [0, 0.05) is 23.6 Å². The fourth-order valence-corrected chi connectivity index (χ4v) is 3.63. The van der Waals surface area contributed by atoms with Crippen molar-refractivity contribution >= 4 is 23.1 Å². The number of rotatable bonds is 6. The van der Waals surface area contributed by atoms with Gasteiger partial charge in [-0.2, -0.15) is 0 Å². The summed E-state index contributed by atoms with van der Waals surface area (Å²) in [7, 11) is 0. The van der Waals surface area contributed by atoms with Crippen LogP contribution in [-0.4, -0.2) is 28.4 Å². The van der Waals surface area contributed by atoms with E-state index in [1.165, 1.54) is 4.90 Å². The van der Waals surface area contributed by atoms with Gasteiger partial charge >= 0.3 is 0 Å². The lowest BCUT2D eigenvalue weighted by Gasteiger charge is -2.25. The number of pyridine rings is 1. The van der Waals surface area contributed by atoms with Crippen LogP contribution in [0.2, 0.25) is 0 Å². The van der Waals surface area contributed by atoms with E-state index in [0.29, 0.717) is 29.2 Å². The summed E-state index contributed by atoms with van der Waals surface area (Å²) in [5, 5.41) is 11.1. The van der Waals surface area contributed by atoms with Gasteiger partial charge in [0.1, 0.15) is 11.5 Å². The van der Waals surface area contributed by atoms with Crippen molar-refractivity contribution in [2.24, 2.45) is 0 Å². The molecule has 1 fully saturated rings. The smallest absolute Gasteiger partial charge is 0.300 e. The van der Waals surface area contributed by atoms with Gasteiger partial charge in [-0.25, -0.2) is 0 Å². The minimum Gasteiger partial charge on any atom is -0.507 e. The molecule has 1 saturated heterocycles. The first-order chi connectivity index (χ1) is 15.1. The third kappa shape index (κ3) is 3.92. The van der Waals surface area contributed by atoms with E-state index in [1.807, 2.05) is 13.0 Å². The van der Waals surface area contributed by atoms with Crippen molar-refractivity contribution in [1.82, 2.24) is 4.98 Å². The molecule has 0 aliphatic carbocycles. The molecule has 0 saturated carbocycles. The Balaban J connectivity index is 1.82. The zero-order valence-corrected chi connectivity index (χ0v) is 17.1. The van der Waals surface area contributed by atoms with Crippen molar-refractivity contribution in [2.45, 2.75) is 19.4 Å². The average Bonchev–Trinajstić information content (AvgIpc) is 3.09. The number of ether oxygens (including phenoxy) is 1. The van der Waals surface area contributed by atoms with E-state index in [-0.39, 0.29) is 11.3 Å². The van der Waals surface area contributed by atoms with Crippen molar-refractivity contribution < 1.29 is 19.4 Å². The molecule has 1 aromatic heterocycles. The Morgan fingerprint density at radius 2 is 1.68 bits per heavy atom. The van der Waals surface area contributed by atoms with Gasteiger partial charge in [-0.15, -0.1) is 0 Å². The highest BCUT2D eigenvalue weighted by Gasteiger charge is 2.46. The number of para-hydroxylation sites is 1. The summed E-state index contributed by atoms with van der Waals surface area (Å²) in [5.74, 6) is -0.957. The number of hydrogen-bond acceptors (Lipinski definition) is 5. The first-order valence-corrected chi connectivity index (χ1v) is 10.1. The Bertz CT molecular complexity index is 1110. The minimum absolute atomic E-state index is 0.0438. The molecule has 1 amide bonds. The highest BCUT2D eigenvalue weighted by atomic mass is 16.5. The largest absolute Gasteiger partial charge is 0.507 e. The molecule has 2 aromatic carbocycles. The fourth-order valence-electron chi connectivity index (χ4n) is 3.63. The minimum atomic E-state index is -0.763. The number of amides is 1. The second kappa shape index (κ2) is 8.83. The Hall–Kier alpha value is -3.93. The molecule has 0 radical (unpaired) electrons. The molecule has 3 aromatic rings. The summed E-state index contributed by atoms with van der Waals surface area (Å²) >= 11 is 0. The molecule has 156 valence electrons. The van der Waals surface area contributed by atoms with Gasteiger partial charge in [0.2, 0.25) is 0 Å². The van der Waals surface area contributed by atoms with E-state index in [9.17, 15) is 14.7 Å². The number of anilines is 1.